The molecule has 1 aromatic heterocycles. The van der Waals surface area contributed by atoms with Crippen molar-refractivity contribution >= 4 is 5.91 Å². The zero-order valence-corrected chi connectivity index (χ0v) is 18.1. The summed E-state index contributed by atoms with van der Waals surface area (Å²) in [5.41, 5.74) is 4.86. The van der Waals surface area contributed by atoms with Crippen molar-refractivity contribution in [1.29, 1.82) is 0 Å². The number of nitrogens with one attached hydrogen (secondary N) is 1. The van der Waals surface area contributed by atoms with Crippen molar-refractivity contribution in [1.82, 2.24) is 14.9 Å². The molecule has 32 heavy (non-hydrogen) atoms. The van der Waals surface area contributed by atoms with Crippen LogP contribution in [0, 0.1) is 0 Å². The molecule has 2 saturated carbocycles. The lowest BCUT2D eigenvalue weighted by molar-refractivity contribution is -0.131. The van der Waals surface area contributed by atoms with E-state index in [-0.39, 0.29) is 16.9 Å². The van der Waals surface area contributed by atoms with Crippen molar-refractivity contribution < 1.29 is 4.79 Å². The van der Waals surface area contributed by atoms with E-state index >= 15 is 0 Å². The van der Waals surface area contributed by atoms with Crippen molar-refractivity contribution in [3.8, 4) is 0 Å². The van der Waals surface area contributed by atoms with Gasteiger partial charge in [0, 0.05) is 13.0 Å². The maximum absolute atomic E-state index is 13.0. The Balaban J connectivity index is 1.19. The van der Waals surface area contributed by atoms with E-state index in [1.54, 1.807) is 4.90 Å². The Morgan fingerprint density at radius 2 is 1.81 bits per heavy atom. The van der Waals surface area contributed by atoms with E-state index < -0.39 is 0 Å². The van der Waals surface area contributed by atoms with Crippen LogP contribution in [0.3, 0.4) is 0 Å². The second-order valence-corrected chi connectivity index (χ2v) is 9.55. The predicted octanol–water partition coefficient (Wildman–Crippen LogP) is 3.85. The van der Waals surface area contributed by atoms with Gasteiger partial charge >= 0.3 is 0 Å². The maximum Gasteiger partial charge on any atom is 0.256 e. The van der Waals surface area contributed by atoms with Gasteiger partial charge in [-0.15, -0.1) is 0 Å². The predicted molar refractivity (Wildman–Crippen MR) is 123 cm³/mol. The minimum atomic E-state index is -0.158. The number of aromatic amines is 1. The minimum Gasteiger partial charge on any atom is -0.337 e. The fourth-order valence-corrected chi connectivity index (χ4v) is 5.02. The summed E-state index contributed by atoms with van der Waals surface area (Å²) in [6.45, 7) is 0.954. The van der Waals surface area contributed by atoms with Crippen molar-refractivity contribution in [3.05, 3.63) is 98.7 Å². The van der Waals surface area contributed by atoms with E-state index in [0.29, 0.717) is 31.5 Å². The first-order valence-electron chi connectivity index (χ1n) is 11.7. The van der Waals surface area contributed by atoms with Gasteiger partial charge in [-0.25, -0.2) is 4.98 Å². The van der Waals surface area contributed by atoms with Gasteiger partial charge in [-0.05, 0) is 48.3 Å². The Kier molecular flexibility index (Phi) is 4.53. The fourth-order valence-electron chi connectivity index (χ4n) is 5.02. The molecule has 162 valence electrons. The smallest absolute Gasteiger partial charge is 0.256 e. The van der Waals surface area contributed by atoms with E-state index in [1.165, 1.54) is 24.0 Å². The van der Waals surface area contributed by atoms with Crippen molar-refractivity contribution in [2.75, 3.05) is 6.54 Å². The standard InChI is InChI=1S/C27H27N3O2/c31-24(16-18-6-8-19(9-7-18)20-10-11-20)30-15-12-23-22(17-30)25(32)29-26(28-23)27(13-14-27)21-4-2-1-3-5-21/h1-9,20H,10-17H2,(H,28,29,32). The largest absolute Gasteiger partial charge is 0.337 e. The highest BCUT2D eigenvalue weighted by Crippen LogP contribution is 2.51. The molecule has 1 aliphatic heterocycles. The Bertz CT molecular complexity index is 1220. The molecule has 1 amide bonds. The van der Waals surface area contributed by atoms with Gasteiger partial charge in [-0.3, -0.25) is 9.59 Å². The molecule has 3 aromatic rings. The second-order valence-electron chi connectivity index (χ2n) is 9.55. The number of hydrogen-bond donors (Lipinski definition) is 1. The molecule has 2 heterocycles. The highest BCUT2D eigenvalue weighted by atomic mass is 16.2. The van der Waals surface area contributed by atoms with Crippen LogP contribution in [0.1, 0.15) is 65.4 Å². The number of carbonyl (C=O) groups is 1. The summed E-state index contributed by atoms with van der Waals surface area (Å²) >= 11 is 0. The quantitative estimate of drug-likeness (QED) is 0.675. The molecule has 0 bridgehead atoms. The van der Waals surface area contributed by atoms with Crippen LogP contribution >= 0.6 is 0 Å². The van der Waals surface area contributed by atoms with Crippen molar-refractivity contribution in [3.63, 3.8) is 0 Å². The highest BCUT2D eigenvalue weighted by Gasteiger charge is 2.48. The zero-order valence-electron chi connectivity index (χ0n) is 18.1. The summed E-state index contributed by atoms with van der Waals surface area (Å²) in [7, 11) is 0. The van der Waals surface area contributed by atoms with Gasteiger partial charge in [0.15, 0.2) is 0 Å². The van der Waals surface area contributed by atoms with E-state index in [9.17, 15) is 9.59 Å². The van der Waals surface area contributed by atoms with Crippen LogP contribution in [-0.2, 0) is 29.6 Å². The average molecular weight is 426 g/mol. The van der Waals surface area contributed by atoms with Crippen LogP contribution in [0.25, 0.3) is 0 Å². The summed E-state index contributed by atoms with van der Waals surface area (Å²) in [4.78, 5) is 35.7. The number of hydrogen-bond acceptors (Lipinski definition) is 3. The lowest BCUT2D eigenvalue weighted by Crippen LogP contribution is -2.41. The summed E-state index contributed by atoms with van der Waals surface area (Å²) < 4.78 is 0. The Morgan fingerprint density at radius 3 is 2.50 bits per heavy atom. The molecule has 5 nitrogen and oxygen atoms in total. The topological polar surface area (TPSA) is 66.1 Å². The first-order valence-corrected chi connectivity index (χ1v) is 11.7. The third-order valence-corrected chi connectivity index (χ3v) is 7.33. The van der Waals surface area contributed by atoms with Crippen LogP contribution in [0.4, 0.5) is 0 Å². The van der Waals surface area contributed by atoms with Crippen molar-refractivity contribution in [2.45, 2.75) is 56.4 Å². The number of benzene rings is 2. The molecule has 2 fully saturated rings. The number of amides is 1. The van der Waals surface area contributed by atoms with Crippen LogP contribution in [0.5, 0.6) is 0 Å². The molecule has 0 spiro atoms. The van der Waals surface area contributed by atoms with Gasteiger partial charge in [0.05, 0.1) is 29.6 Å². The average Bonchev–Trinajstić information content (AvgIpc) is 3.74. The van der Waals surface area contributed by atoms with E-state index in [4.69, 9.17) is 4.98 Å². The highest BCUT2D eigenvalue weighted by molar-refractivity contribution is 5.79. The first kappa shape index (κ1) is 19.5. The molecular weight excluding hydrogens is 398 g/mol. The lowest BCUT2D eigenvalue weighted by Gasteiger charge is -2.28. The fraction of sp³-hybridized carbons (Fsp3) is 0.370. The summed E-state index contributed by atoms with van der Waals surface area (Å²) in [5, 5.41) is 0. The van der Waals surface area contributed by atoms with E-state index in [1.807, 2.05) is 18.2 Å². The normalized spacial score (nSPS) is 18.8. The molecule has 0 radical (unpaired) electrons. The van der Waals surface area contributed by atoms with Crippen LogP contribution in [0.2, 0.25) is 0 Å². The summed E-state index contributed by atoms with van der Waals surface area (Å²) in [5.74, 6) is 1.57. The summed E-state index contributed by atoms with van der Waals surface area (Å²) in [6, 6.07) is 18.8. The zero-order chi connectivity index (χ0) is 21.7. The molecule has 3 aliphatic rings. The third kappa shape index (κ3) is 3.46. The van der Waals surface area contributed by atoms with Crippen molar-refractivity contribution in [2.24, 2.45) is 0 Å². The summed E-state index contributed by atoms with van der Waals surface area (Å²) in [6.07, 6.45) is 5.57. The number of fused-ring (bicyclic) bond motifs is 1. The molecule has 2 aromatic carbocycles. The second kappa shape index (κ2) is 7.44. The van der Waals surface area contributed by atoms with Crippen LogP contribution in [-0.4, -0.2) is 27.3 Å². The molecule has 5 heteroatoms. The number of rotatable bonds is 5. The van der Waals surface area contributed by atoms with E-state index in [2.05, 4.69) is 41.4 Å². The Labute approximate surface area is 187 Å². The van der Waals surface area contributed by atoms with Gasteiger partial charge in [0.2, 0.25) is 5.91 Å². The molecule has 0 saturated heterocycles. The molecule has 2 aliphatic carbocycles. The van der Waals surface area contributed by atoms with Gasteiger partial charge < -0.3 is 9.88 Å². The molecule has 6 rings (SSSR count). The maximum atomic E-state index is 13.0. The number of carbonyl (C=O) groups excluding carboxylic acids is 1. The lowest BCUT2D eigenvalue weighted by atomic mass is 9.94. The molecule has 0 atom stereocenters. The third-order valence-electron chi connectivity index (χ3n) is 7.33. The number of H-pyrrole nitrogens is 1. The van der Waals surface area contributed by atoms with Gasteiger partial charge in [0.25, 0.3) is 5.56 Å². The van der Waals surface area contributed by atoms with Gasteiger partial charge in [0.1, 0.15) is 5.82 Å². The monoisotopic (exact) mass is 425 g/mol. The first-order chi connectivity index (χ1) is 15.6. The molecule has 0 unspecified atom stereocenters. The van der Waals surface area contributed by atoms with Crippen LogP contribution < -0.4 is 5.56 Å². The van der Waals surface area contributed by atoms with E-state index in [0.717, 1.165) is 35.8 Å². The minimum absolute atomic E-state index is 0.0706. The van der Waals surface area contributed by atoms with Gasteiger partial charge in [-0.1, -0.05) is 54.6 Å². The molecular formula is C27H27N3O2. The number of nitrogens with zero attached hydrogens (tertiary/aromatic N) is 2. The Hall–Kier alpha value is -3.21. The molecule has 1 N–H and O–H groups in total. The van der Waals surface area contributed by atoms with Gasteiger partial charge in [-0.2, -0.15) is 0 Å². The SMILES string of the molecule is O=C(Cc1ccc(C2CC2)cc1)N1CCc2nc(C3(c4ccccc4)CC3)[nH]c(=O)c2C1. The number of aromatic nitrogens is 2. The van der Waals surface area contributed by atoms with Crippen LogP contribution in [0.15, 0.2) is 59.4 Å². The Morgan fingerprint density at radius 1 is 1.06 bits per heavy atom.